The summed E-state index contributed by atoms with van der Waals surface area (Å²) in [6.45, 7) is 2.10. The van der Waals surface area contributed by atoms with E-state index in [2.05, 4.69) is 15.3 Å². The van der Waals surface area contributed by atoms with Gasteiger partial charge >= 0.3 is 6.18 Å². The number of anilines is 1. The van der Waals surface area contributed by atoms with Crippen LogP contribution in [0.15, 0.2) is 12.3 Å². The van der Waals surface area contributed by atoms with Crippen LogP contribution in [0.1, 0.15) is 25.1 Å². The maximum absolute atomic E-state index is 12.7. The van der Waals surface area contributed by atoms with Crippen LogP contribution in [-0.4, -0.2) is 35.5 Å². The fourth-order valence-electron chi connectivity index (χ4n) is 3.03. The molecule has 0 saturated carbocycles. The van der Waals surface area contributed by atoms with E-state index in [4.69, 9.17) is 0 Å². The zero-order valence-corrected chi connectivity index (χ0v) is 12.5. The minimum absolute atomic E-state index is 0. The highest BCUT2D eigenvalue weighted by Gasteiger charge is 2.45. The minimum atomic E-state index is -4.61. The lowest BCUT2D eigenvalue weighted by Gasteiger charge is -2.32. The molecule has 2 aliphatic rings. The number of piperidine rings is 1. The monoisotopic (exact) mass is 336 g/mol. The van der Waals surface area contributed by atoms with E-state index in [1.54, 1.807) is 0 Å². The van der Waals surface area contributed by atoms with Gasteiger partial charge in [0.25, 0.3) is 0 Å². The molecule has 5 nitrogen and oxygen atoms in total. The van der Waals surface area contributed by atoms with Gasteiger partial charge in [-0.05, 0) is 37.4 Å². The normalized spacial score (nSPS) is 21.0. The predicted molar refractivity (Wildman–Crippen MR) is 75.8 cm³/mol. The van der Waals surface area contributed by atoms with Gasteiger partial charge in [0.2, 0.25) is 11.7 Å². The summed E-state index contributed by atoms with van der Waals surface area (Å²) in [5.41, 5.74) is -0.133. The molecule has 9 heteroatoms. The van der Waals surface area contributed by atoms with Crippen molar-refractivity contribution in [1.29, 1.82) is 0 Å². The van der Waals surface area contributed by atoms with Crippen LogP contribution in [0.2, 0.25) is 0 Å². The number of alkyl halides is 3. The molecule has 2 aliphatic heterocycles. The number of hydrogen-bond donors (Lipinski definition) is 1. The van der Waals surface area contributed by atoms with E-state index < -0.39 is 12.0 Å². The molecule has 1 N–H and O–H groups in total. The van der Waals surface area contributed by atoms with Gasteiger partial charge in [-0.3, -0.25) is 9.69 Å². The lowest BCUT2D eigenvalue weighted by molar-refractivity contribution is -0.145. The minimum Gasteiger partial charge on any atom is -0.317 e. The average Bonchev–Trinajstić information content (AvgIpc) is 2.75. The van der Waals surface area contributed by atoms with E-state index in [-0.39, 0.29) is 29.5 Å². The van der Waals surface area contributed by atoms with Crippen molar-refractivity contribution in [3.8, 4) is 0 Å². The standard InChI is InChI=1S/C13H15F3N4O.ClH/c14-13(15,16)11-18-4-1-9(19-11)20-8-12(7-10(20)21)2-5-17-6-3-12;/h1,4,17H,2-3,5-8H2;1H. The van der Waals surface area contributed by atoms with E-state index >= 15 is 0 Å². The first-order chi connectivity index (χ1) is 9.90. The van der Waals surface area contributed by atoms with Gasteiger partial charge < -0.3 is 5.32 Å². The molecule has 3 rings (SSSR count). The molecular formula is C13H16ClF3N4O. The fraction of sp³-hybridized carbons (Fsp3) is 0.615. The molecule has 1 aromatic heterocycles. The third-order valence-electron chi connectivity index (χ3n) is 4.16. The van der Waals surface area contributed by atoms with Crippen LogP contribution >= 0.6 is 12.4 Å². The second kappa shape index (κ2) is 6.00. The highest BCUT2D eigenvalue weighted by atomic mass is 35.5. The molecule has 1 amide bonds. The molecule has 0 radical (unpaired) electrons. The molecule has 3 heterocycles. The van der Waals surface area contributed by atoms with Gasteiger partial charge in [0.05, 0.1) is 0 Å². The maximum Gasteiger partial charge on any atom is 0.451 e. The average molecular weight is 337 g/mol. The summed E-state index contributed by atoms with van der Waals surface area (Å²) in [6.07, 6.45) is -1.48. The summed E-state index contributed by atoms with van der Waals surface area (Å²) >= 11 is 0. The van der Waals surface area contributed by atoms with Crippen molar-refractivity contribution in [3.63, 3.8) is 0 Å². The van der Waals surface area contributed by atoms with Crippen molar-refractivity contribution in [3.05, 3.63) is 18.1 Å². The van der Waals surface area contributed by atoms with Gasteiger partial charge in [0, 0.05) is 19.2 Å². The number of amides is 1. The Kier molecular flexibility index (Phi) is 4.62. The first-order valence-electron chi connectivity index (χ1n) is 6.81. The molecular weight excluding hydrogens is 321 g/mol. The van der Waals surface area contributed by atoms with E-state index in [1.807, 2.05) is 0 Å². The first-order valence-corrected chi connectivity index (χ1v) is 6.81. The molecule has 0 aromatic carbocycles. The Bertz CT molecular complexity index is 560. The van der Waals surface area contributed by atoms with Gasteiger partial charge in [-0.1, -0.05) is 0 Å². The van der Waals surface area contributed by atoms with Crippen LogP contribution in [0.5, 0.6) is 0 Å². The molecule has 1 spiro atoms. The molecule has 0 aliphatic carbocycles. The summed E-state index contributed by atoms with van der Waals surface area (Å²) in [5.74, 6) is -1.33. The summed E-state index contributed by atoms with van der Waals surface area (Å²) in [4.78, 5) is 20.3. The quantitative estimate of drug-likeness (QED) is 0.852. The first kappa shape index (κ1) is 17.0. The van der Waals surface area contributed by atoms with Gasteiger partial charge in [-0.2, -0.15) is 13.2 Å². The second-order valence-electron chi connectivity index (χ2n) is 5.64. The van der Waals surface area contributed by atoms with Gasteiger partial charge in [0.15, 0.2) is 0 Å². The lowest BCUT2D eigenvalue weighted by atomic mass is 9.78. The maximum atomic E-state index is 12.7. The summed E-state index contributed by atoms with van der Waals surface area (Å²) in [6, 6.07) is 1.35. The van der Waals surface area contributed by atoms with Crippen LogP contribution < -0.4 is 10.2 Å². The van der Waals surface area contributed by atoms with E-state index in [0.717, 1.165) is 32.1 Å². The van der Waals surface area contributed by atoms with Crippen LogP contribution in [0.25, 0.3) is 0 Å². The molecule has 0 unspecified atom stereocenters. The number of nitrogens with zero attached hydrogens (tertiary/aromatic N) is 3. The molecule has 2 fully saturated rings. The third-order valence-corrected chi connectivity index (χ3v) is 4.16. The van der Waals surface area contributed by atoms with Crippen molar-refractivity contribution < 1.29 is 18.0 Å². The highest BCUT2D eigenvalue weighted by Crippen LogP contribution is 2.41. The molecule has 122 valence electrons. The molecule has 0 bridgehead atoms. The number of halogens is 4. The Morgan fingerprint density at radius 3 is 2.59 bits per heavy atom. The summed E-state index contributed by atoms with van der Waals surface area (Å²) in [5, 5.41) is 3.23. The van der Waals surface area contributed by atoms with Gasteiger partial charge in [-0.25, -0.2) is 9.97 Å². The Hall–Kier alpha value is -1.41. The highest BCUT2D eigenvalue weighted by molar-refractivity contribution is 5.95. The third kappa shape index (κ3) is 3.17. The number of carbonyl (C=O) groups excluding carboxylic acids is 1. The largest absolute Gasteiger partial charge is 0.451 e. The van der Waals surface area contributed by atoms with Crippen molar-refractivity contribution in [2.75, 3.05) is 24.5 Å². The zero-order valence-electron chi connectivity index (χ0n) is 11.7. The van der Waals surface area contributed by atoms with Crippen molar-refractivity contribution >= 4 is 24.1 Å². The SMILES string of the molecule is Cl.O=C1CC2(CCNCC2)CN1c1ccnc(C(F)(F)F)n1. The number of rotatable bonds is 1. The van der Waals surface area contributed by atoms with Crippen LogP contribution in [-0.2, 0) is 11.0 Å². The van der Waals surface area contributed by atoms with E-state index in [9.17, 15) is 18.0 Å². The molecule has 1 aromatic rings. The number of nitrogens with one attached hydrogen (secondary N) is 1. The number of carbonyl (C=O) groups is 1. The van der Waals surface area contributed by atoms with Crippen LogP contribution in [0, 0.1) is 5.41 Å². The topological polar surface area (TPSA) is 58.1 Å². The Labute approximate surface area is 131 Å². The predicted octanol–water partition coefficient (Wildman–Crippen LogP) is 2.02. The zero-order chi connectivity index (χ0) is 15.1. The van der Waals surface area contributed by atoms with Crippen LogP contribution in [0.4, 0.5) is 19.0 Å². The smallest absolute Gasteiger partial charge is 0.317 e. The van der Waals surface area contributed by atoms with E-state index in [1.165, 1.54) is 11.0 Å². The molecule has 0 atom stereocenters. The summed E-state index contributed by atoms with van der Waals surface area (Å²) < 4.78 is 38.0. The van der Waals surface area contributed by atoms with Crippen molar-refractivity contribution in [1.82, 2.24) is 15.3 Å². The van der Waals surface area contributed by atoms with Gasteiger partial charge in [-0.15, -0.1) is 12.4 Å². The second-order valence-corrected chi connectivity index (χ2v) is 5.64. The lowest BCUT2D eigenvalue weighted by Crippen LogP contribution is -2.38. The summed E-state index contributed by atoms with van der Waals surface area (Å²) in [7, 11) is 0. The van der Waals surface area contributed by atoms with Crippen molar-refractivity contribution in [2.24, 2.45) is 5.41 Å². The fourth-order valence-corrected chi connectivity index (χ4v) is 3.03. The van der Waals surface area contributed by atoms with E-state index in [0.29, 0.717) is 13.0 Å². The number of hydrogen-bond acceptors (Lipinski definition) is 4. The Morgan fingerprint density at radius 1 is 1.27 bits per heavy atom. The molecule has 22 heavy (non-hydrogen) atoms. The Balaban J connectivity index is 0.00000176. The van der Waals surface area contributed by atoms with Gasteiger partial charge in [0.1, 0.15) is 5.82 Å². The molecule has 2 saturated heterocycles. The van der Waals surface area contributed by atoms with Crippen molar-refractivity contribution in [2.45, 2.75) is 25.4 Å². The Morgan fingerprint density at radius 2 is 1.95 bits per heavy atom. The number of aromatic nitrogens is 2. The van der Waals surface area contributed by atoms with Crippen LogP contribution in [0.3, 0.4) is 0 Å².